The summed E-state index contributed by atoms with van der Waals surface area (Å²) in [4.78, 5) is 42.9. The van der Waals surface area contributed by atoms with Gasteiger partial charge in [0.05, 0.1) is 24.2 Å². The molecule has 0 fully saturated rings. The van der Waals surface area contributed by atoms with Crippen molar-refractivity contribution in [3.8, 4) is 34.5 Å². The number of carbonyl (C=O) groups excluding carboxylic acids is 2. The van der Waals surface area contributed by atoms with Crippen molar-refractivity contribution in [2.75, 3.05) is 32.6 Å². The summed E-state index contributed by atoms with van der Waals surface area (Å²) < 4.78 is 50.0. The van der Waals surface area contributed by atoms with Crippen molar-refractivity contribution >= 4 is 50.9 Å². The molecule has 0 aliphatic rings. The molecule has 3 aromatic carbocycles. The van der Waals surface area contributed by atoms with Crippen molar-refractivity contribution in [1.82, 2.24) is 15.4 Å². The van der Waals surface area contributed by atoms with E-state index in [9.17, 15) is 43.0 Å². The lowest BCUT2D eigenvalue weighted by atomic mass is 10.1. The molecule has 19 heteroatoms. The zero-order valence-corrected chi connectivity index (χ0v) is 26.1. The molecule has 9 N–H and O–H groups in total. The lowest BCUT2D eigenvalue weighted by Crippen LogP contribution is -2.28. The lowest BCUT2D eigenvalue weighted by molar-refractivity contribution is 0.0933. The fourth-order valence-corrected chi connectivity index (χ4v) is 7.36. The van der Waals surface area contributed by atoms with Crippen molar-refractivity contribution < 1.29 is 62.3 Å². The van der Waals surface area contributed by atoms with Crippen molar-refractivity contribution in [2.24, 2.45) is 0 Å². The van der Waals surface area contributed by atoms with E-state index in [-0.39, 0.29) is 53.1 Å². The average molecular weight is 698 g/mol. The van der Waals surface area contributed by atoms with Crippen LogP contribution in [0.25, 0.3) is 10.1 Å². The first-order valence-electron chi connectivity index (χ1n) is 13.1. The highest BCUT2D eigenvalue weighted by Gasteiger charge is 2.23. The van der Waals surface area contributed by atoms with Crippen molar-refractivity contribution in [2.45, 2.75) is 4.21 Å². The highest BCUT2D eigenvalue weighted by Crippen LogP contribution is 2.39. The van der Waals surface area contributed by atoms with Gasteiger partial charge in [-0.2, -0.15) is 4.72 Å². The van der Waals surface area contributed by atoms with Crippen LogP contribution in [-0.4, -0.2) is 83.0 Å². The largest absolute Gasteiger partial charge is 0.504 e. The molecule has 246 valence electrons. The molecule has 0 atom stereocenters. The Kier molecular flexibility index (Phi) is 10.6. The first-order chi connectivity index (χ1) is 21.7. The molecule has 16 nitrogen and oxygen atoms in total. The van der Waals surface area contributed by atoms with Crippen LogP contribution in [-0.2, 0) is 14.6 Å². The van der Waals surface area contributed by atoms with Gasteiger partial charge in [-0.15, -0.1) is 11.3 Å². The van der Waals surface area contributed by atoms with Gasteiger partial charge in [0.1, 0.15) is 23.7 Å². The summed E-state index contributed by atoms with van der Waals surface area (Å²) in [5.74, 6) is -3.26. The number of para-hydroxylation sites is 2. The number of carbonyl (C=O) groups is 2. The third kappa shape index (κ3) is 8.57. The molecule has 2 amide bonds. The van der Waals surface area contributed by atoms with E-state index in [1.165, 1.54) is 54.6 Å². The van der Waals surface area contributed by atoms with E-state index in [1.54, 1.807) is 0 Å². The third-order valence-electron chi connectivity index (χ3n) is 6.09. The standard InChI is InChI=1S/C27H28N3O13PS2/c31-18-5-1-3-16(24(18)33)26(35)28-7-9-42-20-11-15-12-23(46(40,41)30-14-44(37,38)39)45-22(15)13-21(20)43-10-8-29-27(36)17-4-2-6-19(32)25(17)34/h1-6,11-13,30-34H,7-10,14H2,(H,28,35)(H,29,36)(H2,37,38,39). The highest BCUT2D eigenvalue weighted by molar-refractivity contribution is 7.92. The molecule has 4 aromatic rings. The van der Waals surface area contributed by atoms with E-state index < -0.39 is 58.7 Å². The molecular weight excluding hydrogens is 669 g/mol. The third-order valence-corrected chi connectivity index (χ3v) is 9.85. The maximum atomic E-state index is 12.6. The first-order valence-corrected chi connectivity index (χ1v) is 17.2. The van der Waals surface area contributed by atoms with E-state index >= 15 is 0 Å². The Hall–Kier alpha value is -4.58. The number of hydrogen-bond acceptors (Lipinski definition) is 12. The molecule has 0 saturated carbocycles. The van der Waals surface area contributed by atoms with Gasteiger partial charge in [-0.25, -0.2) is 8.42 Å². The van der Waals surface area contributed by atoms with E-state index in [1.807, 2.05) is 4.72 Å². The number of benzene rings is 3. The van der Waals surface area contributed by atoms with E-state index in [2.05, 4.69) is 10.6 Å². The lowest BCUT2D eigenvalue weighted by Gasteiger charge is -2.14. The van der Waals surface area contributed by atoms with Gasteiger partial charge in [0.15, 0.2) is 34.5 Å². The van der Waals surface area contributed by atoms with Crippen LogP contribution in [0.3, 0.4) is 0 Å². The van der Waals surface area contributed by atoms with Crippen LogP contribution >= 0.6 is 18.9 Å². The molecule has 4 rings (SSSR count). The van der Waals surface area contributed by atoms with Gasteiger partial charge >= 0.3 is 7.60 Å². The number of phenolic OH excluding ortho intramolecular Hbond substituents is 4. The Balaban J connectivity index is 1.48. The number of thiophene rings is 1. The fourth-order valence-electron chi connectivity index (χ4n) is 3.89. The molecule has 0 radical (unpaired) electrons. The molecule has 0 aliphatic heterocycles. The Labute approximate surface area is 265 Å². The number of ether oxygens (including phenoxy) is 2. The predicted molar refractivity (Wildman–Crippen MR) is 164 cm³/mol. The van der Waals surface area contributed by atoms with Crippen LogP contribution in [0, 0.1) is 0 Å². The number of phenols is 4. The number of hydrogen-bond donors (Lipinski definition) is 9. The number of rotatable bonds is 14. The predicted octanol–water partition coefficient (Wildman–Crippen LogP) is 1.75. The maximum Gasteiger partial charge on any atom is 0.340 e. The first kappa shape index (κ1) is 34.3. The van der Waals surface area contributed by atoms with Crippen LogP contribution in [0.1, 0.15) is 20.7 Å². The van der Waals surface area contributed by atoms with Crippen LogP contribution in [0.5, 0.6) is 34.5 Å². The maximum absolute atomic E-state index is 12.6. The average Bonchev–Trinajstić information content (AvgIpc) is 3.42. The quantitative estimate of drug-likeness (QED) is 0.0517. The van der Waals surface area contributed by atoms with E-state index in [4.69, 9.17) is 19.3 Å². The Morgan fingerprint density at radius 2 is 1.28 bits per heavy atom. The summed E-state index contributed by atoms with van der Waals surface area (Å²) in [7, 11) is -8.95. The molecule has 0 spiro atoms. The fraction of sp³-hybridized carbons (Fsp3) is 0.185. The second kappa shape index (κ2) is 14.2. The molecule has 0 saturated heterocycles. The zero-order chi connectivity index (χ0) is 33.6. The number of aromatic hydroxyl groups is 4. The van der Waals surface area contributed by atoms with Gasteiger partial charge in [0.25, 0.3) is 21.8 Å². The zero-order valence-electron chi connectivity index (χ0n) is 23.5. The van der Waals surface area contributed by atoms with E-state index in [0.29, 0.717) is 10.1 Å². The second-order valence-electron chi connectivity index (χ2n) is 9.43. The summed E-state index contributed by atoms with van der Waals surface area (Å²) in [6.45, 7) is -0.378. The highest BCUT2D eigenvalue weighted by atomic mass is 32.2. The minimum atomic E-state index is -4.67. The molecule has 0 unspecified atom stereocenters. The van der Waals surface area contributed by atoms with Crippen LogP contribution in [0.2, 0.25) is 0 Å². The number of sulfonamides is 1. The van der Waals surface area contributed by atoms with Gasteiger partial charge in [-0.05, 0) is 41.8 Å². The molecule has 1 aromatic heterocycles. The normalized spacial score (nSPS) is 11.7. The van der Waals surface area contributed by atoms with E-state index in [0.717, 1.165) is 11.3 Å². The summed E-state index contributed by atoms with van der Waals surface area (Å²) in [6, 6.07) is 12.0. The molecule has 46 heavy (non-hydrogen) atoms. The van der Waals surface area contributed by atoms with Crippen molar-refractivity contribution in [1.29, 1.82) is 0 Å². The molecule has 0 aliphatic carbocycles. The van der Waals surface area contributed by atoms with Gasteiger partial charge < -0.3 is 50.3 Å². The van der Waals surface area contributed by atoms with Gasteiger partial charge in [-0.3, -0.25) is 14.2 Å². The van der Waals surface area contributed by atoms with Crippen molar-refractivity contribution in [3.63, 3.8) is 0 Å². The van der Waals surface area contributed by atoms with Crippen LogP contribution in [0.15, 0.2) is 58.8 Å². The molecular formula is C27H28N3O13PS2. The van der Waals surface area contributed by atoms with Crippen LogP contribution in [0.4, 0.5) is 0 Å². The van der Waals surface area contributed by atoms with Crippen molar-refractivity contribution in [3.05, 3.63) is 65.7 Å². The monoisotopic (exact) mass is 697 g/mol. The summed E-state index contributed by atoms with van der Waals surface area (Å²) in [5, 5.41) is 44.5. The summed E-state index contributed by atoms with van der Waals surface area (Å²) >= 11 is 0.793. The van der Waals surface area contributed by atoms with Gasteiger partial charge in [-0.1, -0.05) is 12.1 Å². The SMILES string of the molecule is O=C(NCCOc1cc2cc(S(=O)(=O)NCP(=O)(O)O)sc2cc1OCCNC(=O)c1cccc(O)c1O)c1cccc(O)c1O. The minimum absolute atomic E-state index is 0.0642. The topological polar surface area (TPSA) is 261 Å². The second-order valence-corrected chi connectivity index (χ2v) is 14.2. The summed E-state index contributed by atoms with van der Waals surface area (Å²) in [5.41, 5.74) is -0.322. The van der Waals surface area contributed by atoms with Crippen LogP contribution < -0.4 is 24.8 Å². The minimum Gasteiger partial charge on any atom is -0.504 e. The molecule has 0 bridgehead atoms. The van der Waals surface area contributed by atoms with Gasteiger partial charge in [0.2, 0.25) is 0 Å². The Morgan fingerprint density at radius 3 is 1.78 bits per heavy atom. The smallest absolute Gasteiger partial charge is 0.340 e. The number of fused-ring (bicyclic) bond motifs is 1. The Bertz CT molecular complexity index is 1820. The molecule has 1 heterocycles. The number of nitrogens with one attached hydrogen (secondary N) is 3. The Morgan fingerprint density at radius 1 is 0.783 bits per heavy atom. The number of amides is 2. The van der Waals surface area contributed by atoms with Gasteiger partial charge in [0, 0.05) is 10.8 Å². The summed E-state index contributed by atoms with van der Waals surface area (Å²) in [6.07, 6.45) is -1.09.